The van der Waals surface area contributed by atoms with Crippen LogP contribution in [0.5, 0.6) is 0 Å². The normalized spacial score (nSPS) is 7.71. The molecule has 0 aromatic heterocycles. The molecule has 5 heteroatoms. The van der Waals surface area contributed by atoms with Crippen molar-refractivity contribution in [3.8, 4) is 0 Å². The van der Waals surface area contributed by atoms with Gasteiger partial charge in [0.2, 0.25) is 0 Å². The van der Waals surface area contributed by atoms with Crippen molar-refractivity contribution in [2.75, 3.05) is 0 Å². The van der Waals surface area contributed by atoms with E-state index in [-0.39, 0.29) is 0 Å². The van der Waals surface area contributed by atoms with E-state index in [9.17, 15) is 8.92 Å². The molecular formula is C2H6O3Si2. The predicted molar refractivity (Wildman–Crippen MR) is 25.7 cm³/mol. The molecule has 7 heavy (non-hydrogen) atoms. The molecule has 0 N–H and O–H groups in total. The molecule has 0 spiro atoms. The molecular weight excluding hydrogens is 128 g/mol. The predicted octanol–water partition coefficient (Wildman–Crippen LogP) is 0.1000. The highest BCUT2D eigenvalue weighted by atomic mass is 28.4. The minimum absolute atomic E-state index is 1.41. The van der Waals surface area contributed by atoms with Gasteiger partial charge in [-0.05, 0) is 0 Å². The van der Waals surface area contributed by atoms with E-state index in [1.54, 1.807) is 0 Å². The lowest BCUT2D eigenvalue weighted by molar-refractivity contribution is 0.423. The molecule has 0 rings (SSSR count). The van der Waals surface area contributed by atoms with Crippen LogP contribution in [0.2, 0.25) is 13.1 Å². The molecule has 0 aromatic rings. The van der Waals surface area contributed by atoms with Crippen LogP contribution >= 0.6 is 0 Å². The van der Waals surface area contributed by atoms with Crippen LogP contribution in [0.4, 0.5) is 0 Å². The smallest absolute Gasteiger partial charge is 0.491 e. The Morgan fingerprint density at radius 1 is 1.14 bits per heavy atom. The van der Waals surface area contributed by atoms with Crippen LogP contribution in [0.15, 0.2) is 0 Å². The Balaban J connectivity index is 3.32. The fourth-order valence-electron chi connectivity index (χ4n) is 0.202. The molecule has 0 amide bonds. The first-order chi connectivity index (χ1) is 3.13. The van der Waals surface area contributed by atoms with Crippen LogP contribution in [0.1, 0.15) is 0 Å². The Hall–Kier alpha value is -0.166. The fourth-order valence-corrected chi connectivity index (χ4v) is 1.82. The summed E-state index contributed by atoms with van der Waals surface area (Å²) >= 11 is 0. The van der Waals surface area contributed by atoms with Gasteiger partial charge in [-0.2, -0.15) is 0 Å². The van der Waals surface area contributed by atoms with Crippen LogP contribution in [0.25, 0.3) is 0 Å². The van der Waals surface area contributed by atoms with Gasteiger partial charge in [-0.1, -0.05) is 0 Å². The van der Waals surface area contributed by atoms with E-state index in [1.165, 1.54) is 13.1 Å². The van der Waals surface area contributed by atoms with Crippen molar-refractivity contribution in [2.45, 2.75) is 13.1 Å². The minimum Gasteiger partial charge on any atom is -0.525 e. The van der Waals surface area contributed by atoms with Gasteiger partial charge < -0.3 is 13.0 Å². The summed E-state index contributed by atoms with van der Waals surface area (Å²) in [5.74, 6) is 0. The highest BCUT2D eigenvalue weighted by Gasteiger charge is 2.00. The largest absolute Gasteiger partial charge is 0.525 e. The molecule has 0 unspecified atom stereocenters. The first-order valence-corrected chi connectivity index (χ1v) is 5.45. The molecule has 0 aliphatic carbocycles. The maximum Gasteiger partial charge on any atom is 0.491 e. The molecule has 0 aliphatic heterocycles. The Morgan fingerprint density at radius 3 is 1.43 bits per heavy atom. The Morgan fingerprint density at radius 2 is 1.43 bits per heavy atom. The third kappa shape index (κ3) is 5.83. The maximum atomic E-state index is 10.0. The lowest BCUT2D eigenvalue weighted by atomic mass is 11.9. The summed E-state index contributed by atoms with van der Waals surface area (Å²) in [5, 5.41) is 0. The Labute approximate surface area is 44.9 Å². The first kappa shape index (κ1) is 6.83. The molecule has 0 heterocycles. The summed E-state index contributed by atoms with van der Waals surface area (Å²) in [6.07, 6.45) is 0. The molecule has 0 radical (unpaired) electrons. The van der Waals surface area contributed by atoms with E-state index in [0.717, 1.165) is 0 Å². The van der Waals surface area contributed by atoms with Gasteiger partial charge in [0.15, 0.2) is 0 Å². The zero-order valence-electron chi connectivity index (χ0n) is 4.22. The Kier molecular flexibility index (Phi) is 2.85. The van der Waals surface area contributed by atoms with Gasteiger partial charge in [-0.15, -0.1) is 0 Å². The second kappa shape index (κ2) is 2.92. The maximum absolute atomic E-state index is 10.0. The van der Waals surface area contributed by atoms with Crippen LogP contribution in [-0.2, 0) is 13.0 Å². The molecule has 0 bridgehead atoms. The second-order valence-electron chi connectivity index (χ2n) is 1.09. The van der Waals surface area contributed by atoms with Gasteiger partial charge >= 0.3 is 17.9 Å². The molecule has 0 atom stereocenters. The van der Waals surface area contributed by atoms with Crippen LogP contribution in [0, 0.1) is 0 Å². The molecule has 0 aromatic carbocycles. The number of hydrogen-bond donors (Lipinski definition) is 0. The average molecular weight is 134 g/mol. The quantitative estimate of drug-likeness (QED) is 0.503. The third-order valence-corrected chi connectivity index (χ3v) is 2.59. The van der Waals surface area contributed by atoms with Crippen LogP contribution in [0.3, 0.4) is 0 Å². The highest BCUT2D eigenvalue weighted by Crippen LogP contribution is 1.70. The van der Waals surface area contributed by atoms with Crippen molar-refractivity contribution in [1.82, 2.24) is 0 Å². The second-order valence-corrected chi connectivity index (χ2v) is 3.87. The number of rotatable bonds is 2. The van der Waals surface area contributed by atoms with Crippen molar-refractivity contribution in [1.29, 1.82) is 0 Å². The van der Waals surface area contributed by atoms with Crippen molar-refractivity contribution < 1.29 is 13.0 Å². The summed E-state index contributed by atoms with van der Waals surface area (Å²) in [7, 11) is -3.90. The lowest BCUT2D eigenvalue weighted by Gasteiger charge is -1.86. The van der Waals surface area contributed by atoms with E-state index >= 15 is 0 Å². The van der Waals surface area contributed by atoms with Gasteiger partial charge in [0.1, 0.15) is 0 Å². The molecule has 0 fully saturated rings. The summed E-state index contributed by atoms with van der Waals surface area (Å²) in [6, 6.07) is 0. The van der Waals surface area contributed by atoms with Gasteiger partial charge in [0, 0.05) is 13.1 Å². The minimum atomic E-state index is -1.95. The zero-order chi connectivity index (χ0) is 5.86. The van der Waals surface area contributed by atoms with E-state index < -0.39 is 17.9 Å². The van der Waals surface area contributed by atoms with Crippen molar-refractivity contribution in [3.05, 3.63) is 0 Å². The average Bonchev–Trinajstić information content (AvgIpc) is 1.27. The molecule has 0 aliphatic rings. The van der Waals surface area contributed by atoms with Gasteiger partial charge in [0.25, 0.3) is 0 Å². The van der Waals surface area contributed by atoms with E-state index in [0.29, 0.717) is 0 Å². The monoisotopic (exact) mass is 134 g/mol. The highest BCUT2D eigenvalue weighted by molar-refractivity contribution is 6.48. The van der Waals surface area contributed by atoms with Crippen molar-refractivity contribution >= 4 is 17.9 Å². The van der Waals surface area contributed by atoms with Gasteiger partial charge in [-0.25, -0.2) is 0 Å². The van der Waals surface area contributed by atoms with Crippen LogP contribution < -0.4 is 0 Å². The topological polar surface area (TPSA) is 43.4 Å². The van der Waals surface area contributed by atoms with Crippen LogP contribution in [-0.4, -0.2) is 17.9 Å². The van der Waals surface area contributed by atoms with Gasteiger partial charge in [-0.3, -0.25) is 0 Å². The third-order valence-electron chi connectivity index (χ3n) is 0.287. The zero-order valence-corrected chi connectivity index (χ0v) is 6.22. The summed E-state index contributed by atoms with van der Waals surface area (Å²) in [5.41, 5.74) is 0. The molecule has 0 saturated carbocycles. The standard InChI is InChI=1S/C2H6O3Si2/c1-6(3)5-7(2)4/h1-2H3. The molecule has 40 valence electrons. The summed E-state index contributed by atoms with van der Waals surface area (Å²) < 4.78 is 24.4. The van der Waals surface area contributed by atoms with E-state index in [2.05, 4.69) is 4.12 Å². The molecule has 0 saturated heterocycles. The van der Waals surface area contributed by atoms with Crippen molar-refractivity contribution in [2.24, 2.45) is 0 Å². The van der Waals surface area contributed by atoms with Crippen molar-refractivity contribution in [3.63, 3.8) is 0 Å². The van der Waals surface area contributed by atoms with E-state index in [4.69, 9.17) is 0 Å². The van der Waals surface area contributed by atoms with E-state index in [1.807, 2.05) is 0 Å². The summed E-state index contributed by atoms with van der Waals surface area (Å²) in [4.78, 5) is 0. The van der Waals surface area contributed by atoms with Gasteiger partial charge in [0.05, 0.1) is 0 Å². The lowest BCUT2D eigenvalue weighted by Crippen LogP contribution is -2.07. The fraction of sp³-hybridized carbons (Fsp3) is 1.00. The Bertz CT molecular complexity index is 87.1. The first-order valence-electron chi connectivity index (χ1n) is 1.82. The number of hydrogen-bond acceptors (Lipinski definition) is 3. The SMILES string of the molecule is C[Si](=O)O[Si](C)=O. The molecule has 3 nitrogen and oxygen atoms in total. The summed E-state index contributed by atoms with van der Waals surface area (Å²) in [6.45, 7) is 2.83.